The van der Waals surface area contributed by atoms with Crippen molar-refractivity contribution in [3.63, 3.8) is 0 Å². The Kier molecular flexibility index (Phi) is 3.73. The van der Waals surface area contributed by atoms with Gasteiger partial charge in [-0.1, -0.05) is 17.7 Å². The molecule has 1 amide bonds. The third kappa shape index (κ3) is 2.37. The molecule has 2 unspecified atom stereocenters. The molecule has 3 aliphatic rings. The first-order valence-corrected chi connectivity index (χ1v) is 8.08. The Bertz CT molecular complexity index is 818. The summed E-state index contributed by atoms with van der Waals surface area (Å²) >= 11 is 5.92. The van der Waals surface area contributed by atoms with E-state index in [1.807, 2.05) is 0 Å². The number of amides is 1. The van der Waals surface area contributed by atoms with Crippen molar-refractivity contribution in [2.45, 2.75) is 12.3 Å². The summed E-state index contributed by atoms with van der Waals surface area (Å²) in [6.45, 7) is 0.754. The molecule has 1 saturated heterocycles. The molecule has 1 aromatic rings. The summed E-state index contributed by atoms with van der Waals surface area (Å²) in [5.74, 6) is -1.98. The predicted octanol–water partition coefficient (Wildman–Crippen LogP) is 2.01. The molecule has 5 nitrogen and oxygen atoms in total. The minimum atomic E-state index is -0.567. The lowest BCUT2D eigenvalue weighted by Gasteiger charge is -2.37. The van der Waals surface area contributed by atoms with E-state index in [1.54, 1.807) is 6.07 Å². The molecular weight excluding hydrogens is 335 g/mol. The van der Waals surface area contributed by atoms with Gasteiger partial charge < -0.3 is 10.1 Å². The van der Waals surface area contributed by atoms with Crippen LogP contribution < -0.4 is 5.32 Å². The fourth-order valence-electron chi connectivity index (χ4n) is 3.60. The van der Waals surface area contributed by atoms with Gasteiger partial charge >= 0.3 is 0 Å². The van der Waals surface area contributed by atoms with E-state index in [0.29, 0.717) is 35.5 Å². The summed E-state index contributed by atoms with van der Waals surface area (Å²) in [5.41, 5.74) is 2.42. The second-order valence-electron chi connectivity index (χ2n) is 6.06. The predicted molar refractivity (Wildman–Crippen MR) is 85.6 cm³/mol. The van der Waals surface area contributed by atoms with Gasteiger partial charge in [-0.05, 0) is 17.7 Å². The molecule has 0 bridgehead atoms. The van der Waals surface area contributed by atoms with Crippen LogP contribution in [-0.2, 0) is 14.3 Å². The van der Waals surface area contributed by atoms with Crippen LogP contribution in [-0.4, -0.2) is 37.2 Å². The molecule has 0 aromatic heterocycles. The average Bonchev–Trinajstić information content (AvgIpc) is 2.56. The standard InChI is InChI=1S/C17H14ClFN2O3/c18-9-5-8(1-2-10(9)19)14-15-12(6-24-7-13(15)22)21-11-3-4-20-17(23)16(11)14/h1-2,5,14-15H,3-4,6-7H2,(H,20,23). The zero-order valence-electron chi connectivity index (χ0n) is 12.6. The van der Waals surface area contributed by atoms with Gasteiger partial charge in [-0.2, -0.15) is 0 Å². The van der Waals surface area contributed by atoms with E-state index in [1.165, 1.54) is 12.1 Å². The van der Waals surface area contributed by atoms with Crippen molar-refractivity contribution >= 4 is 29.0 Å². The highest BCUT2D eigenvalue weighted by Gasteiger charge is 2.45. The smallest absolute Gasteiger partial charge is 0.249 e. The summed E-state index contributed by atoms with van der Waals surface area (Å²) < 4.78 is 18.8. The molecule has 124 valence electrons. The maximum absolute atomic E-state index is 13.6. The van der Waals surface area contributed by atoms with Crippen LogP contribution in [0.2, 0.25) is 5.02 Å². The van der Waals surface area contributed by atoms with Crippen LogP contribution in [0.15, 0.2) is 34.5 Å². The second-order valence-corrected chi connectivity index (χ2v) is 6.46. The zero-order chi connectivity index (χ0) is 16.8. The molecule has 1 aromatic carbocycles. The number of carbonyl (C=O) groups is 2. The fourth-order valence-corrected chi connectivity index (χ4v) is 3.79. The fraction of sp³-hybridized carbons (Fsp3) is 0.353. The summed E-state index contributed by atoms with van der Waals surface area (Å²) in [6.07, 6.45) is 0.594. The van der Waals surface area contributed by atoms with Crippen LogP contribution in [0.25, 0.3) is 0 Å². The zero-order valence-corrected chi connectivity index (χ0v) is 13.4. The number of Topliss-reactive ketones (excluding diaryl/α,β-unsaturated/α-hetero) is 1. The molecule has 4 rings (SSSR count). The first-order valence-electron chi connectivity index (χ1n) is 7.70. The Labute approximate surface area is 142 Å². The van der Waals surface area contributed by atoms with Crippen molar-refractivity contribution in [2.24, 2.45) is 10.9 Å². The van der Waals surface area contributed by atoms with Gasteiger partial charge in [0, 0.05) is 24.5 Å². The van der Waals surface area contributed by atoms with E-state index in [0.717, 1.165) is 0 Å². The van der Waals surface area contributed by atoms with Crippen molar-refractivity contribution in [1.29, 1.82) is 0 Å². The van der Waals surface area contributed by atoms with E-state index in [9.17, 15) is 14.0 Å². The molecule has 0 aliphatic carbocycles. The number of carbonyl (C=O) groups excluding carboxylic acids is 2. The monoisotopic (exact) mass is 348 g/mol. The number of ketones is 1. The molecular formula is C17H14ClFN2O3. The number of ether oxygens (including phenoxy) is 1. The Morgan fingerprint density at radius 2 is 2.08 bits per heavy atom. The number of nitrogens with zero attached hydrogens (tertiary/aromatic N) is 1. The van der Waals surface area contributed by atoms with Crippen LogP contribution in [0.5, 0.6) is 0 Å². The van der Waals surface area contributed by atoms with Crippen molar-refractivity contribution in [3.05, 3.63) is 45.9 Å². The molecule has 3 heterocycles. The first-order chi connectivity index (χ1) is 11.6. The normalized spacial score (nSPS) is 26.5. The van der Waals surface area contributed by atoms with Crippen molar-refractivity contribution < 1.29 is 18.7 Å². The van der Waals surface area contributed by atoms with Gasteiger partial charge in [0.25, 0.3) is 0 Å². The Morgan fingerprint density at radius 1 is 1.25 bits per heavy atom. The average molecular weight is 349 g/mol. The van der Waals surface area contributed by atoms with Crippen molar-refractivity contribution in [3.8, 4) is 0 Å². The number of nitrogens with one attached hydrogen (secondary N) is 1. The lowest BCUT2D eigenvalue weighted by Crippen LogP contribution is -2.46. The minimum absolute atomic E-state index is 0.0145. The van der Waals surface area contributed by atoms with Crippen LogP contribution >= 0.6 is 11.6 Å². The van der Waals surface area contributed by atoms with Gasteiger partial charge in [0.05, 0.1) is 29.0 Å². The Balaban J connectivity index is 1.91. The number of rotatable bonds is 1. The molecule has 7 heteroatoms. The maximum Gasteiger partial charge on any atom is 0.249 e. The number of halogens is 2. The Hall–Kier alpha value is -2.05. The van der Waals surface area contributed by atoms with Gasteiger partial charge in [0.15, 0.2) is 5.78 Å². The maximum atomic E-state index is 13.6. The number of benzene rings is 1. The van der Waals surface area contributed by atoms with Crippen LogP contribution in [0.3, 0.4) is 0 Å². The third-order valence-corrected chi connectivity index (χ3v) is 4.92. The van der Waals surface area contributed by atoms with E-state index in [2.05, 4.69) is 10.3 Å². The molecule has 3 aliphatic heterocycles. The van der Waals surface area contributed by atoms with Crippen LogP contribution in [0.4, 0.5) is 4.39 Å². The molecule has 0 radical (unpaired) electrons. The minimum Gasteiger partial charge on any atom is -0.368 e. The number of aliphatic imine (C=N–C) groups is 1. The van der Waals surface area contributed by atoms with E-state index < -0.39 is 17.7 Å². The molecule has 2 atom stereocenters. The summed E-state index contributed by atoms with van der Waals surface area (Å²) in [5, 5.41) is 2.77. The molecule has 1 fully saturated rings. The lowest BCUT2D eigenvalue weighted by atomic mass is 9.72. The highest BCUT2D eigenvalue weighted by molar-refractivity contribution is 6.30. The first kappa shape index (κ1) is 15.5. The second kappa shape index (κ2) is 5.79. The van der Waals surface area contributed by atoms with Gasteiger partial charge in [0.2, 0.25) is 5.91 Å². The topological polar surface area (TPSA) is 67.8 Å². The number of hydrogen-bond acceptors (Lipinski definition) is 4. The molecule has 0 spiro atoms. The summed E-state index contributed by atoms with van der Waals surface area (Å²) in [7, 11) is 0. The van der Waals surface area contributed by atoms with Gasteiger partial charge in [-0.25, -0.2) is 4.39 Å². The molecule has 1 N–H and O–H groups in total. The quantitative estimate of drug-likeness (QED) is 0.844. The summed E-state index contributed by atoms with van der Waals surface area (Å²) in [4.78, 5) is 29.5. The number of fused-ring (bicyclic) bond motifs is 1. The van der Waals surface area contributed by atoms with Gasteiger partial charge in [-0.3, -0.25) is 14.6 Å². The molecule has 0 saturated carbocycles. The highest BCUT2D eigenvalue weighted by atomic mass is 35.5. The van der Waals surface area contributed by atoms with Crippen LogP contribution in [0, 0.1) is 11.7 Å². The molecule has 24 heavy (non-hydrogen) atoms. The van der Waals surface area contributed by atoms with E-state index in [-0.39, 0.29) is 29.9 Å². The van der Waals surface area contributed by atoms with Crippen molar-refractivity contribution in [1.82, 2.24) is 5.32 Å². The highest BCUT2D eigenvalue weighted by Crippen LogP contribution is 2.43. The van der Waals surface area contributed by atoms with Crippen molar-refractivity contribution in [2.75, 3.05) is 19.8 Å². The SMILES string of the molecule is O=C1NCCC2=C1C(c1ccc(F)c(Cl)c1)C1C(=O)COCC1=N2. The third-order valence-electron chi connectivity index (χ3n) is 4.63. The van der Waals surface area contributed by atoms with Gasteiger partial charge in [-0.15, -0.1) is 0 Å². The lowest BCUT2D eigenvalue weighted by molar-refractivity contribution is -0.127. The van der Waals surface area contributed by atoms with Crippen LogP contribution in [0.1, 0.15) is 17.9 Å². The van der Waals surface area contributed by atoms with E-state index >= 15 is 0 Å². The number of hydrogen-bond donors (Lipinski definition) is 1. The van der Waals surface area contributed by atoms with Gasteiger partial charge in [0.1, 0.15) is 12.4 Å². The largest absolute Gasteiger partial charge is 0.368 e. The Morgan fingerprint density at radius 3 is 2.88 bits per heavy atom. The summed E-state index contributed by atoms with van der Waals surface area (Å²) in [6, 6.07) is 4.32. The van der Waals surface area contributed by atoms with E-state index in [4.69, 9.17) is 16.3 Å².